The van der Waals surface area contributed by atoms with Gasteiger partial charge >= 0.3 is 6.09 Å². The van der Waals surface area contributed by atoms with Gasteiger partial charge in [-0.05, 0) is 20.8 Å². The fourth-order valence-electron chi connectivity index (χ4n) is 1.97. The lowest BCUT2D eigenvalue weighted by atomic mass is 10.2. The number of rotatable bonds is 1. The highest BCUT2D eigenvalue weighted by molar-refractivity contribution is 5.69. The summed E-state index contributed by atoms with van der Waals surface area (Å²) in [6.07, 6.45) is -0.368. The summed E-state index contributed by atoms with van der Waals surface area (Å²) in [4.78, 5) is 21.8. The van der Waals surface area contributed by atoms with Crippen molar-refractivity contribution >= 4 is 12.0 Å². The molecule has 0 aliphatic carbocycles. The van der Waals surface area contributed by atoms with Crippen LogP contribution in [0.3, 0.4) is 0 Å². The molecule has 19 heavy (non-hydrogen) atoms. The van der Waals surface area contributed by atoms with E-state index in [-0.39, 0.29) is 18.6 Å². The molecule has 7 heteroatoms. The fourth-order valence-corrected chi connectivity index (χ4v) is 1.97. The SMILES string of the molecule is CC(C)(C)OC(=O)N1Cc2nc(N)nc(CN)c2C1. The van der Waals surface area contributed by atoms with Gasteiger partial charge in [-0.15, -0.1) is 0 Å². The second kappa shape index (κ2) is 4.65. The van der Waals surface area contributed by atoms with E-state index in [1.165, 1.54) is 0 Å². The molecule has 0 aromatic carbocycles. The van der Waals surface area contributed by atoms with Gasteiger partial charge in [-0.3, -0.25) is 4.90 Å². The van der Waals surface area contributed by atoms with Crippen LogP contribution in [0.4, 0.5) is 10.7 Å². The van der Waals surface area contributed by atoms with Crippen LogP contribution in [0.2, 0.25) is 0 Å². The van der Waals surface area contributed by atoms with Crippen LogP contribution in [0.15, 0.2) is 0 Å². The van der Waals surface area contributed by atoms with Crippen LogP contribution >= 0.6 is 0 Å². The van der Waals surface area contributed by atoms with Crippen LogP contribution in [0.1, 0.15) is 37.7 Å². The molecule has 0 unspecified atom stereocenters. The zero-order chi connectivity index (χ0) is 14.2. The largest absolute Gasteiger partial charge is 0.444 e. The van der Waals surface area contributed by atoms with Crippen LogP contribution in [-0.4, -0.2) is 26.6 Å². The maximum Gasteiger partial charge on any atom is 0.410 e. The second-order valence-corrected chi connectivity index (χ2v) is 5.49. The number of nitrogens with two attached hydrogens (primary N) is 2. The van der Waals surface area contributed by atoms with Crippen molar-refractivity contribution in [3.8, 4) is 0 Å². The quantitative estimate of drug-likeness (QED) is 0.776. The number of nitrogen functional groups attached to an aromatic ring is 1. The maximum atomic E-state index is 12.0. The molecule has 0 bridgehead atoms. The molecule has 104 valence electrons. The predicted octanol–water partition coefficient (Wildman–Crippen LogP) is 0.768. The van der Waals surface area contributed by atoms with E-state index in [4.69, 9.17) is 16.2 Å². The highest BCUT2D eigenvalue weighted by atomic mass is 16.6. The van der Waals surface area contributed by atoms with Gasteiger partial charge < -0.3 is 16.2 Å². The molecule has 7 nitrogen and oxygen atoms in total. The summed E-state index contributed by atoms with van der Waals surface area (Å²) in [7, 11) is 0. The molecule has 0 fully saturated rings. The van der Waals surface area contributed by atoms with Crippen LogP contribution in [0, 0.1) is 0 Å². The van der Waals surface area contributed by atoms with E-state index in [0.29, 0.717) is 18.8 Å². The summed E-state index contributed by atoms with van der Waals surface area (Å²) in [6.45, 7) is 6.56. The normalized spacial score (nSPS) is 14.4. The molecule has 1 amide bonds. The lowest BCUT2D eigenvalue weighted by molar-refractivity contribution is 0.0240. The van der Waals surface area contributed by atoms with Crippen LogP contribution in [-0.2, 0) is 24.4 Å². The zero-order valence-electron chi connectivity index (χ0n) is 11.4. The lowest BCUT2D eigenvalue weighted by Gasteiger charge is -2.24. The summed E-state index contributed by atoms with van der Waals surface area (Å²) in [5.41, 5.74) is 13.0. The Morgan fingerprint density at radius 2 is 2.05 bits per heavy atom. The first-order valence-electron chi connectivity index (χ1n) is 6.12. The first kappa shape index (κ1) is 13.5. The standard InChI is InChI=1S/C12H19N5O2/c1-12(2,3)19-11(18)17-5-7-8(4-13)15-10(14)16-9(7)6-17/h4-6,13H2,1-3H3,(H2,14,15,16). The lowest BCUT2D eigenvalue weighted by Crippen LogP contribution is -2.33. The van der Waals surface area contributed by atoms with E-state index < -0.39 is 5.60 Å². The molecule has 4 N–H and O–H groups in total. The minimum Gasteiger partial charge on any atom is -0.444 e. The van der Waals surface area contributed by atoms with Crippen LogP contribution < -0.4 is 11.5 Å². The van der Waals surface area contributed by atoms with Crippen molar-refractivity contribution in [2.24, 2.45) is 5.73 Å². The van der Waals surface area contributed by atoms with E-state index >= 15 is 0 Å². The Hall–Kier alpha value is -1.89. The van der Waals surface area contributed by atoms with Crippen molar-refractivity contribution in [1.29, 1.82) is 0 Å². The highest BCUT2D eigenvalue weighted by Gasteiger charge is 2.30. The first-order chi connectivity index (χ1) is 8.80. The number of aromatic nitrogens is 2. The molecule has 0 radical (unpaired) electrons. The van der Waals surface area contributed by atoms with Gasteiger partial charge in [-0.2, -0.15) is 0 Å². The predicted molar refractivity (Wildman–Crippen MR) is 69.8 cm³/mol. The number of carbonyl (C=O) groups is 1. The van der Waals surface area contributed by atoms with Gasteiger partial charge in [0.15, 0.2) is 0 Å². The Bertz CT molecular complexity index is 510. The van der Waals surface area contributed by atoms with Crippen molar-refractivity contribution in [2.45, 2.75) is 46.0 Å². The number of amides is 1. The smallest absolute Gasteiger partial charge is 0.410 e. The molecule has 0 saturated carbocycles. The first-order valence-corrected chi connectivity index (χ1v) is 6.12. The Kier molecular flexibility index (Phi) is 3.32. The Balaban J connectivity index is 2.18. The van der Waals surface area contributed by atoms with Crippen molar-refractivity contribution in [3.63, 3.8) is 0 Å². The molecule has 1 aromatic rings. The third kappa shape index (κ3) is 2.93. The summed E-state index contributed by atoms with van der Waals surface area (Å²) in [6, 6.07) is 0. The number of fused-ring (bicyclic) bond motifs is 1. The monoisotopic (exact) mass is 265 g/mol. The molecule has 0 spiro atoms. The number of carbonyl (C=O) groups excluding carboxylic acids is 1. The molecule has 0 saturated heterocycles. The van der Waals surface area contributed by atoms with Gasteiger partial charge in [0.05, 0.1) is 24.5 Å². The van der Waals surface area contributed by atoms with Gasteiger partial charge in [0, 0.05) is 12.1 Å². The Morgan fingerprint density at radius 3 is 2.63 bits per heavy atom. The average molecular weight is 265 g/mol. The van der Waals surface area contributed by atoms with E-state index in [2.05, 4.69) is 9.97 Å². The van der Waals surface area contributed by atoms with Crippen LogP contribution in [0.5, 0.6) is 0 Å². The van der Waals surface area contributed by atoms with E-state index in [1.54, 1.807) is 4.90 Å². The molecule has 1 aliphatic rings. The summed E-state index contributed by atoms with van der Waals surface area (Å²) in [5, 5.41) is 0. The summed E-state index contributed by atoms with van der Waals surface area (Å²) < 4.78 is 5.33. The van der Waals surface area contributed by atoms with E-state index in [1.807, 2.05) is 20.8 Å². The molecule has 2 heterocycles. The topological polar surface area (TPSA) is 107 Å². The van der Waals surface area contributed by atoms with Crippen molar-refractivity contribution in [1.82, 2.24) is 14.9 Å². The zero-order valence-corrected chi connectivity index (χ0v) is 11.4. The molecular weight excluding hydrogens is 246 g/mol. The molecule has 0 atom stereocenters. The third-order valence-electron chi connectivity index (χ3n) is 2.73. The number of hydrogen-bond acceptors (Lipinski definition) is 6. The van der Waals surface area contributed by atoms with Gasteiger partial charge in [0.2, 0.25) is 5.95 Å². The van der Waals surface area contributed by atoms with Gasteiger partial charge in [-0.25, -0.2) is 14.8 Å². The van der Waals surface area contributed by atoms with Gasteiger partial charge in [-0.1, -0.05) is 0 Å². The molecule has 2 rings (SSSR count). The van der Waals surface area contributed by atoms with Gasteiger partial charge in [0.1, 0.15) is 5.60 Å². The summed E-state index contributed by atoms with van der Waals surface area (Å²) >= 11 is 0. The number of nitrogens with zero attached hydrogens (tertiary/aromatic N) is 3. The van der Waals surface area contributed by atoms with Crippen molar-refractivity contribution < 1.29 is 9.53 Å². The fraction of sp³-hybridized carbons (Fsp3) is 0.583. The molecule has 1 aliphatic heterocycles. The maximum absolute atomic E-state index is 12.0. The van der Waals surface area contributed by atoms with Crippen molar-refractivity contribution in [2.75, 3.05) is 5.73 Å². The Labute approximate surface area is 111 Å². The van der Waals surface area contributed by atoms with E-state index in [0.717, 1.165) is 11.3 Å². The highest BCUT2D eigenvalue weighted by Crippen LogP contribution is 2.25. The number of anilines is 1. The van der Waals surface area contributed by atoms with Crippen molar-refractivity contribution in [3.05, 3.63) is 17.0 Å². The minimum absolute atomic E-state index is 0.185. The number of ether oxygens (including phenoxy) is 1. The third-order valence-corrected chi connectivity index (χ3v) is 2.73. The average Bonchev–Trinajstić information content (AvgIpc) is 2.69. The summed E-state index contributed by atoms with van der Waals surface area (Å²) in [5.74, 6) is 0.185. The minimum atomic E-state index is -0.521. The second-order valence-electron chi connectivity index (χ2n) is 5.49. The Morgan fingerprint density at radius 1 is 1.37 bits per heavy atom. The number of hydrogen-bond donors (Lipinski definition) is 2. The molecule has 1 aromatic heterocycles. The van der Waals surface area contributed by atoms with E-state index in [9.17, 15) is 4.79 Å². The molecular formula is C12H19N5O2. The van der Waals surface area contributed by atoms with Gasteiger partial charge in [0.25, 0.3) is 0 Å². The van der Waals surface area contributed by atoms with Crippen LogP contribution in [0.25, 0.3) is 0 Å².